The zero-order chi connectivity index (χ0) is 17.9. The molecule has 1 saturated heterocycles. The van der Waals surface area contributed by atoms with Gasteiger partial charge in [-0.3, -0.25) is 19.5 Å². The van der Waals surface area contributed by atoms with Crippen molar-refractivity contribution in [3.63, 3.8) is 0 Å². The number of hydrogen-bond acceptors (Lipinski definition) is 7. The van der Waals surface area contributed by atoms with Gasteiger partial charge in [0, 0.05) is 25.4 Å². The Bertz CT molecular complexity index is 699. The molecule has 0 spiro atoms. The normalized spacial score (nSPS) is 19.0. The Morgan fingerprint density at radius 2 is 2.17 bits per heavy atom. The highest BCUT2D eigenvalue weighted by Gasteiger charge is 2.36. The van der Waals surface area contributed by atoms with Crippen molar-refractivity contribution < 1.29 is 19.1 Å². The minimum Gasteiger partial charge on any atom is -0.465 e. The van der Waals surface area contributed by atoms with E-state index < -0.39 is 11.2 Å². The monoisotopic (exact) mass is 369 g/mol. The fraction of sp³-hybridized carbons (Fsp3) is 0.467. The fourth-order valence-electron chi connectivity index (χ4n) is 2.22. The molecule has 2 amide bonds. The number of nitrogens with one attached hydrogen (secondary N) is 1. The van der Waals surface area contributed by atoms with Crippen molar-refractivity contribution >= 4 is 51.1 Å². The molecule has 0 radical (unpaired) electrons. The smallest absolute Gasteiger partial charge is 0.340 e. The van der Waals surface area contributed by atoms with E-state index in [9.17, 15) is 14.4 Å². The fourth-order valence-corrected chi connectivity index (χ4v) is 4.32. The molecule has 0 aliphatic carbocycles. The second kappa shape index (κ2) is 7.80. The highest BCUT2D eigenvalue weighted by molar-refractivity contribution is 8.15. The van der Waals surface area contributed by atoms with Crippen LogP contribution in [0.3, 0.4) is 0 Å². The van der Waals surface area contributed by atoms with Gasteiger partial charge in [-0.2, -0.15) is 0 Å². The molecule has 0 unspecified atom stereocenters. The summed E-state index contributed by atoms with van der Waals surface area (Å²) < 4.78 is 4.75. The van der Waals surface area contributed by atoms with Gasteiger partial charge in [0.15, 0.2) is 5.17 Å². The lowest BCUT2D eigenvalue weighted by Crippen LogP contribution is -2.30. The number of hydrogen-bond donors (Lipinski definition) is 1. The van der Waals surface area contributed by atoms with Gasteiger partial charge in [0.25, 0.3) is 0 Å². The minimum absolute atomic E-state index is 0.0207. The van der Waals surface area contributed by atoms with Crippen molar-refractivity contribution in [1.82, 2.24) is 4.90 Å². The standard InChI is InChI=1S/C15H19N3O4S2/c1-5-8-6-9(14(21)22-4)12(23-8)17-11(19)7-10-13(20)18(3)15(16-2)24-10/h6,10H,5,7H2,1-4H3,(H,17,19)/t10-/m1/s1. The third kappa shape index (κ3) is 3.78. The number of esters is 1. The van der Waals surface area contributed by atoms with Crippen LogP contribution in [0.15, 0.2) is 11.1 Å². The largest absolute Gasteiger partial charge is 0.465 e. The Morgan fingerprint density at radius 3 is 2.71 bits per heavy atom. The summed E-state index contributed by atoms with van der Waals surface area (Å²) in [4.78, 5) is 42.7. The molecule has 2 rings (SSSR count). The molecule has 7 nitrogen and oxygen atoms in total. The predicted molar refractivity (Wildman–Crippen MR) is 95.8 cm³/mol. The molecule has 2 heterocycles. The lowest BCUT2D eigenvalue weighted by Gasteiger charge is -2.09. The first-order valence-corrected chi connectivity index (χ1v) is 9.02. The summed E-state index contributed by atoms with van der Waals surface area (Å²) in [6.45, 7) is 1.97. The average molecular weight is 369 g/mol. The maximum absolute atomic E-state index is 12.3. The lowest BCUT2D eigenvalue weighted by atomic mass is 10.2. The number of carbonyl (C=O) groups excluding carboxylic acids is 3. The number of ether oxygens (including phenoxy) is 1. The van der Waals surface area contributed by atoms with Crippen molar-refractivity contribution in [2.75, 3.05) is 26.5 Å². The predicted octanol–water partition coefficient (Wildman–Crippen LogP) is 1.99. The number of thioether (sulfide) groups is 1. The van der Waals surface area contributed by atoms with E-state index in [0.717, 1.165) is 11.3 Å². The number of aryl methyl sites for hydroxylation is 1. The van der Waals surface area contributed by atoms with E-state index >= 15 is 0 Å². The number of thiophene rings is 1. The summed E-state index contributed by atoms with van der Waals surface area (Å²) in [5, 5.41) is 3.28. The maximum atomic E-state index is 12.3. The Labute approximate surface area is 148 Å². The second-order valence-corrected chi connectivity index (χ2v) is 7.37. The molecule has 0 bridgehead atoms. The number of methoxy groups -OCH3 is 1. The van der Waals surface area contributed by atoms with Crippen LogP contribution in [0.4, 0.5) is 5.00 Å². The van der Waals surface area contributed by atoms with Crippen molar-refractivity contribution in [3.05, 3.63) is 16.5 Å². The van der Waals surface area contributed by atoms with Crippen LogP contribution in [0.2, 0.25) is 0 Å². The molecule has 1 N–H and O–H groups in total. The quantitative estimate of drug-likeness (QED) is 0.802. The number of anilines is 1. The Morgan fingerprint density at radius 1 is 1.46 bits per heavy atom. The van der Waals surface area contributed by atoms with E-state index in [-0.39, 0.29) is 18.2 Å². The molecule has 1 aromatic heterocycles. The van der Waals surface area contributed by atoms with E-state index in [4.69, 9.17) is 4.74 Å². The lowest BCUT2D eigenvalue weighted by molar-refractivity contribution is -0.127. The molecule has 130 valence electrons. The maximum Gasteiger partial charge on any atom is 0.340 e. The number of rotatable bonds is 5. The Kier molecular flexibility index (Phi) is 6.00. The first-order chi connectivity index (χ1) is 11.4. The summed E-state index contributed by atoms with van der Waals surface area (Å²) in [6.07, 6.45) is 0.773. The van der Waals surface area contributed by atoms with Crippen LogP contribution in [-0.2, 0) is 20.7 Å². The van der Waals surface area contributed by atoms with Crippen LogP contribution in [0.1, 0.15) is 28.6 Å². The molecule has 1 aromatic rings. The summed E-state index contributed by atoms with van der Waals surface area (Å²) in [6, 6.07) is 1.72. The van der Waals surface area contributed by atoms with Crippen LogP contribution < -0.4 is 5.32 Å². The van der Waals surface area contributed by atoms with Crippen LogP contribution in [0.5, 0.6) is 0 Å². The first kappa shape index (κ1) is 18.5. The molecule has 1 atom stereocenters. The van der Waals surface area contributed by atoms with Gasteiger partial charge in [-0.15, -0.1) is 11.3 Å². The topological polar surface area (TPSA) is 88.1 Å². The van der Waals surface area contributed by atoms with Gasteiger partial charge < -0.3 is 10.1 Å². The first-order valence-electron chi connectivity index (χ1n) is 7.33. The van der Waals surface area contributed by atoms with Crippen molar-refractivity contribution in [1.29, 1.82) is 0 Å². The summed E-state index contributed by atoms with van der Waals surface area (Å²) in [5.74, 6) is -0.960. The van der Waals surface area contributed by atoms with E-state index in [1.807, 2.05) is 6.92 Å². The number of amidine groups is 1. The van der Waals surface area contributed by atoms with Crippen molar-refractivity contribution in [3.8, 4) is 0 Å². The second-order valence-electron chi connectivity index (χ2n) is 5.06. The van der Waals surface area contributed by atoms with Gasteiger partial charge in [-0.25, -0.2) is 4.79 Å². The van der Waals surface area contributed by atoms with Crippen LogP contribution in [0, 0.1) is 0 Å². The van der Waals surface area contributed by atoms with E-state index in [2.05, 4.69) is 10.3 Å². The third-order valence-corrected chi connectivity index (χ3v) is 6.01. The van der Waals surface area contributed by atoms with Gasteiger partial charge in [-0.05, 0) is 12.5 Å². The van der Waals surface area contributed by atoms with E-state index in [1.165, 1.54) is 35.1 Å². The minimum atomic E-state index is -0.499. The molecule has 1 fully saturated rings. The molecule has 1 aliphatic rings. The highest BCUT2D eigenvalue weighted by atomic mass is 32.2. The van der Waals surface area contributed by atoms with Gasteiger partial charge in [0.05, 0.1) is 12.7 Å². The zero-order valence-corrected chi connectivity index (χ0v) is 15.5. The van der Waals surface area contributed by atoms with Crippen LogP contribution in [0.25, 0.3) is 0 Å². The number of amides is 2. The summed E-state index contributed by atoms with van der Waals surface area (Å²) in [5.41, 5.74) is 0.339. The number of aliphatic imine (C=N–C) groups is 1. The SMILES string of the molecule is CCc1cc(C(=O)OC)c(NC(=O)C[C@H]2SC(=NC)N(C)C2=O)s1. The van der Waals surface area contributed by atoms with Crippen LogP contribution >= 0.6 is 23.1 Å². The Balaban J connectivity index is 2.09. The van der Waals surface area contributed by atoms with Crippen molar-refractivity contribution in [2.45, 2.75) is 25.0 Å². The summed E-state index contributed by atoms with van der Waals surface area (Å²) >= 11 is 2.60. The molecule has 0 saturated carbocycles. The highest BCUT2D eigenvalue weighted by Crippen LogP contribution is 2.31. The van der Waals surface area contributed by atoms with Crippen LogP contribution in [-0.4, -0.2) is 54.3 Å². The average Bonchev–Trinajstić information content (AvgIpc) is 3.10. The number of nitrogens with zero attached hydrogens (tertiary/aromatic N) is 2. The Hall–Kier alpha value is -1.87. The van der Waals surface area contributed by atoms with E-state index in [0.29, 0.717) is 15.7 Å². The van der Waals surface area contributed by atoms with Gasteiger partial charge in [-0.1, -0.05) is 18.7 Å². The van der Waals surface area contributed by atoms with Gasteiger partial charge >= 0.3 is 5.97 Å². The molecule has 1 aliphatic heterocycles. The summed E-state index contributed by atoms with van der Waals surface area (Å²) in [7, 11) is 4.54. The molecular weight excluding hydrogens is 350 g/mol. The van der Waals surface area contributed by atoms with E-state index in [1.54, 1.807) is 20.2 Å². The number of carbonyl (C=O) groups is 3. The molecule has 24 heavy (non-hydrogen) atoms. The third-order valence-electron chi connectivity index (χ3n) is 3.49. The molecular formula is C15H19N3O4S2. The zero-order valence-electron chi connectivity index (χ0n) is 13.9. The van der Waals surface area contributed by atoms with Gasteiger partial charge in [0.1, 0.15) is 10.3 Å². The molecule has 9 heteroatoms. The van der Waals surface area contributed by atoms with Crippen molar-refractivity contribution in [2.24, 2.45) is 4.99 Å². The molecule has 0 aromatic carbocycles. The van der Waals surface area contributed by atoms with Gasteiger partial charge in [0.2, 0.25) is 11.8 Å².